The van der Waals surface area contributed by atoms with Crippen LogP contribution in [0.15, 0.2) is 21.0 Å². The summed E-state index contributed by atoms with van der Waals surface area (Å²) in [7, 11) is 0. The second kappa shape index (κ2) is 2.69. The molecule has 0 fully saturated rings. The van der Waals surface area contributed by atoms with Crippen molar-refractivity contribution in [1.82, 2.24) is 9.97 Å². The van der Waals surface area contributed by atoms with Crippen molar-refractivity contribution in [2.45, 2.75) is 6.92 Å². The van der Waals surface area contributed by atoms with Crippen LogP contribution in [0.5, 0.6) is 0 Å². The van der Waals surface area contributed by atoms with Gasteiger partial charge in [-0.25, -0.2) is 9.97 Å². The summed E-state index contributed by atoms with van der Waals surface area (Å²) in [5.41, 5.74) is 3.11. The molecular formula is C9H5IN2O2. The molecular weight excluding hydrogens is 295 g/mol. The van der Waals surface area contributed by atoms with E-state index in [0.717, 1.165) is 22.2 Å². The molecule has 5 heteroatoms. The van der Waals surface area contributed by atoms with E-state index in [0.29, 0.717) is 9.79 Å². The lowest BCUT2D eigenvalue weighted by atomic mass is 10.3. The van der Waals surface area contributed by atoms with Gasteiger partial charge in [-0.1, -0.05) is 0 Å². The van der Waals surface area contributed by atoms with Crippen molar-refractivity contribution in [3.8, 4) is 0 Å². The number of fused-ring (bicyclic) bond motifs is 2. The molecule has 14 heavy (non-hydrogen) atoms. The fraction of sp³-hybridized carbons (Fsp3) is 0.111. The van der Waals surface area contributed by atoms with Crippen LogP contribution in [-0.4, -0.2) is 9.97 Å². The highest BCUT2D eigenvalue weighted by molar-refractivity contribution is 14.1. The topological polar surface area (TPSA) is 52.1 Å². The van der Waals surface area contributed by atoms with Crippen molar-refractivity contribution in [2.24, 2.45) is 0 Å². The Hall–Kier alpha value is -1.11. The standard InChI is InChI=1S/C9H5IN2O2/c1-4-11-5-2-6-8(3-7(5)13-4)14-9(10)12-6/h2-3H,1H3. The van der Waals surface area contributed by atoms with Crippen molar-refractivity contribution in [1.29, 1.82) is 0 Å². The lowest BCUT2D eigenvalue weighted by Crippen LogP contribution is -1.71. The molecule has 0 aliphatic heterocycles. The van der Waals surface area contributed by atoms with E-state index >= 15 is 0 Å². The van der Waals surface area contributed by atoms with Crippen LogP contribution in [-0.2, 0) is 0 Å². The molecule has 0 radical (unpaired) electrons. The second-order valence-electron chi connectivity index (χ2n) is 2.99. The smallest absolute Gasteiger partial charge is 0.258 e. The number of benzene rings is 1. The average molecular weight is 300 g/mol. The molecule has 2 heterocycles. The predicted molar refractivity (Wildman–Crippen MR) is 59.0 cm³/mol. The van der Waals surface area contributed by atoms with E-state index in [1.165, 1.54) is 0 Å². The van der Waals surface area contributed by atoms with Gasteiger partial charge in [0.1, 0.15) is 11.0 Å². The lowest BCUT2D eigenvalue weighted by molar-refractivity contribution is 0.554. The zero-order valence-corrected chi connectivity index (χ0v) is 9.40. The molecule has 0 aliphatic rings. The molecule has 3 rings (SSSR count). The monoisotopic (exact) mass is 300 g/mol. The minimum atomic E-state index is 0.627. The van der Waals surface area contributed by atoms with Gasteiger partial charge in [-0.3, -0.25) is 0 Å². The first-order valence-electron chi connectivity index (χ1n) is 4.05. The summed E-state index contributed by atoms with van der Waals surface area (Å²) in [4.78, 5) is 8.43. The van der Waals surface area contributed by atoms with Crippen molar-refractivity contribution < 1.29 is 8.83 Å². The molecule has 70 valence electrons. The van der Waals surface area contributed by atoms with E-state index in [1.54, 1.807) is 0 Å². The first kappa shape index (κ1) is 8.22. The van der Waals surface area contributed by atoms with Gasteiger partial charge in [-0.2, -0.15) is 0 Å². The SMILES string of the molecule is Cc1nc2cc3nc(I)oc3cc2o1. The van der Waals surface area contributed by atoms with E-state index in [4.69, 9.17) is 8.83 Å². The molecule has 0 unspecified atom stereocenters. The lowest BCUT2D eigenvalue weighted by Gasteiger charge is -1.84. The van der Waals surface area contributed by atoms with Gasteiger partial charge in [-0.05, 0) is 6.07 Å². The highest BCUT2D eigenvalue weighted by Gasteiger charge is 2.08. The third-order valence-electron chi connectivity index (χ3n) is 1.98. The van der Waals surface area contributed by atoms with Crippen LogP contribution in [0.1, 0.15) is 5.89 Å². The minimum absolute atomic E-state index is 0.627. The van der Waals surface area contributed by atoms with Crippen LogP contribution in [0.3, 0.4) is 0 Å². The Morgan fingerprint density at radius 1 is 1.07 bits per heavy atom. The van der Waals surface area contributed by atoms with Gasteiger partial charge in [0, 0.05) is 35.6 Å². The van der Waals surface area contributed by atoms with Crippen LogP contribution >= 0.6 is 22.6 Å². The molecule has 0 atom stereocenters. The molecule has 0 bridgehead atoms. The number of oxazole rings is 2. The zero-order valence-electron chi connectivity index (χ0n) is 7.24. The molecule has 0 saturated carbocycles. The van der Waals surface area contributed by atoms with Gasteiger partial charge < -0.3 is 8.83 Å². The fourth-order valence-corrected chi connectivity index (χ4v) is 1.93. The molecule has 0 amide bonds. The molecule has 0 aliphatic carbocycles. The zero-order chi connectivity index (χ0) is 9.71. The highest BCUT2D eigenvalue weighted by Crippen LogP contribution is 2.24. The quantitative estimate of drug-likeness (QED) is 0.599. The second-order valence-corrected chi connectivity index (χ2v) is 3.91. The number of hydrogen-bond donors (Lipinski definition) is 0. The number of halogens is 1. The van der Waals surface area contributed by atoms with E-state index in [-0.39, 0.29) is 0 Å². The maximum atomic E-state index is 5.38. The maximum absolute atomic E-state index is 5.38. The Balaban J connectivity index is 2.49. The average Bonchev–Trinajstić information content (AvgIpc) is 2.59. The number of rotatable bonds is 0. The normalized spacial score (nSPS) is 11.6. The van der Waals surface area contributed by atoms with Crippen molar-refractivity contribution in [3.63, 3.8) is 0 Å². The summed E-state index contributed by atoms with van der Waals surface area (Å²) in [6.07, 6.45) is 0. The number of aromatic nitrogens is 2. The van der Waals surface area contributed by atoms with Crippen LogP contribution in [0.25, 0.3) is 22.2 Å². The Labute approximate surface area is 92.4 Å². The van der Waals surface area contributed by atoms with Crippen molar-refractivity contribution in [3.05, 3.63) is 21.9 Å². The summed E-state index contributed by atoms with van der Waals surface area (Å²) >= 11 is 2.04. The van der Waals surface area contributed by atoms with Gasteiger partial charge in [-0.15, -0.1) is 0 Å². The van der Waals surface area contributed by atoms with Crippen LogP contribution in [0.2, 0.25) is 0 Å². The van der Waals surface area contributed by atoms with Gasteiger partial charge in [0.05, 0.1) is 0 Å². The molecule has 0 saturated heterocycles. The molecule has 3 aromatic rings. The molecule has 2 aromatic heterocycles. The molecule has 0 N–H and O–H groups in total. The molecule has 1 aromatic carbocycles. The van der Waals surface area contributed by atoms with Crippen LogP contribution in [0.4, 0.5) is 0 Å². The fourth-order valence-electron chi connectivity index (χ4n) is 1.44. The molecule has 4 nitrogen and oxygen atoms in total. The first-order chi connectivity index (χ1) is 6.72. The van der Waals surface area contributed by atoms with Gasteiger partial charge >= 0.3 is 0 Å². The van der Waals surface area contributed by atoms with E-state index < -0.39 is 0 Å². The van der Waals surface area contributed by atoms with Gasteiger partial charge in [0.15, 0.2) is 17.1 Å². The summed E-state index contributed by atoms with van der Waals surface area (Å²) in [5, 5.41) is 0. The number of hydrogen-bond acceptors (Lipinski definition) is 4. The Kier molecular flexibility index (Phi) is 1.58. The third kappa shape index (κ3) is 1.12. The minimum Gasteiger partial charge on any atom is -0.441 e. The molecule has 0 spiro atoms. The summed E-state index contributed by atoms with van der Waals surface area (Å²) < 4.78 is 11.4. The number of aryl methyl sites for hydroxylation is 1. The number of nitrogens with zero attached hydrogens (tertiary/aromatic N) is 2. The highest BCUT2D eigenvalue weighted by atomic mass is 127. The van der Waals surface area contributed by atoms with E-state index in [1.807, 2.05) is 41.6 Å². The Morgan fingerprint density at radius 3 is 2.64 bits per heavy atom. The summed E-state index contributed by atoms with van der Waals surface area (Å²) in [6.45, 7) is 1.82. The summed E-state index contributed by atoms with van der Waals surface area (Å²) in [5.74, 6) is 0.655. The third-order valence-corrected chi connectivity index (χ3v) is 2.44. The largest absolute Gasteiger partial charge is 0.441 e. The predicted octanol–water partition coefficient (Wildman–Crippen LogP) is 2.88. The Morgan fingerprint density at radius 2 is 1.79 bits per heavy atom. The maximum Gasteiger partial charge on any atom is 0.258 e. The van der Waals surface area contributed by atoms with Gasteiger partial charge in [0.2, 0.25) is 0 Å². The van der Waals surface area contributed by atoms with E-state index in [9.17, 15) is 0 Å². The van der Waals surface area contributed by atoms with Crippen molar-refractivity contribution in [2.75, 3.05) is 0 Å². The van der Waals surface area contributed by atoms with Crippen LogP contribution < -0.4 is 0 Å². The summed E-state index contributed by atoms with van der Waals surface area (Å²) in [6, 6.07) is 3.69. The van der Waals surface area contributed by atoms with Crippen LogP contribution in [0, 0.1) is 10.8 Å². The van der Waals surface area contributed by atoms with Crippen molar-refractivity contribution >= 4 is 44.8 Å². The van der Waals surface area contributed by atoms with E-state index in [2.05, 4.69) is 9.97 Å². The first-order valence-corrected chi connectivity index (χ1v) is 5.13. The Bertz CT molecular complexity index is 523. The van der Waals surface area contributed by atoms with Gasteiger partial charge in [0.25, 0.3) is 3.90 Å².